The highest BCUT2D eigenvalue weighted by Crippen LogP contribution is 2.23. The van der Waals surface area contributed by atoms with E-state index in [0.717, 1.165) is 15.2 Å². The average molecular weight is 420 g/mol. The van der Waals surface area contributed by atoms with Gasteiger partial charge >= 0.3 is 6.09 Å². The van der Waals surface area contributed by atoms with E-state index in [9.17, 15) is 9.59 Å². The molecular formula is C19H22BrN3O3. The molecule has 1 aliphatic rings. The number of ether oxygens (including phenoxy) is 1. The van der Waals surface area contributed by atoms with Gasteiger partial charge in [0.2, 0.25) is 5.91 Å². The van der Waals surface area contributed by atoms with Gasteiger partial charge in [-0.3, -0.25) is 4.79 Å². The number of benzene rings is 1. The van der Waals surface area contributed by atoms with Crippen LogP contribution in [0.25, 0.3) is 10.8 Å². The molecule has 2 amide bonds. The maximum atomic E-state index is 12.5. The number of anilines is 1. The molecule has 0 aliphatic carbocycles. The molecule has 1 aromatic carbocycles. The van der Waals surface area contributed by atoms with Crippen molar-refractivity contribution >= 4 is 44.5 Å². The lowest BCUT2D eigenvalue weighted by Gasteiger charge is -2.24. The lowest BCUT2D eigenvalue weighted by molar-refractivity contribution is -0.119. The molecule has 0 radical (unpaired) electrons. The van der Waals surface area contributed by atoms with E-state index >= 15 is 0 Å². The van der Waals surface area contributed by atoms with E-state index in [1.54, 1.807) is 11.1 Å². The molecule has 2 heterocycles. The summed E-state index contributed by atoms with van der Waals surface area (Å²) in [5.41, 5.74) is -0.541. The van der Waals surface area contributed by atoms with Crippen LogP contribution in [0.4, 0.5) is 10.6 Å². The van der Waals surface area contributed by atoms with Crippen molar-refractivity contribution in [1.82, 2.24) is 9.88 Å². The Hall–Kier alpha value is -2.15. The zero-order chi connectivity index (χ0) is 18.9. The summed E-state index contributed by atoms with van der Waals surface area (Å²) in [5, 5.41) is 4.85. The van der Waals surface area contributed by atoms with Crippen LogP contribution in [0.5, 0.6) is 0 Å². The van der Waals surface area contributed by atoms with Crippen molar-refractivity contribution in [3.8, 4) is 0 Å². The number of hydrogen-bond donors (Lipinski definition) is 1. The number of aromatic nitrogens is 1. The first-order valence-electron chi connectivity index (χ1n) is 8.55. The van der Waals surface area contributed by atoms with Gasteiger partial charge in [0, 0.05) is 29.1 Å². The topological polar surface area (TPSA) is 71.5 Å². The summed E-state index contributed by atoms with van der Waals surface area (Å²) in [6.45, 7) is 6.36. The first-order valence-corrected chi connectivity index (χ1v) is 9.35. The minimum atomic E-state index is -0.541. The van der Waals surface area contributed by atoms with Gasteiger partial charge in [0.15, 0.2) is 0 Å². The fraction of sp³-hybridized carbons (Fsp3) is 0.421. The van der Waals surface area contributed by atoms with Gasteiger partial charge in [-0.2, -0.15) is 0 Å². The molecule has 0 spiro atoms. The second kappa shape index (κ2) is 7.23. The summed E-state index contributed by atoms with van der Waals surface area (Å²) < 4.78 is 6.34. The van der Waals surface area contributed by atoms with Crippen LogP contribution in [0.15, 0.2) is 34.9 Å². The predicted molar refractivity (Wildman–Crippen MR) is 104 cm³/mol. The van der Waals surface area contributed by atoms with E-state index in [1.807, 2.05) is 45.0 Å². The van der Waals surface area contributed by atoms with Crippen LogP contribution in [0.3, 0.4) is 0 Å². The molecule has 138 valence electrons. The minimum absolute atomic E-state index is 0.127. The number of rotatable bonds is 2. The molecule has 0 unspecified atom stereocenters. The van der Waals surface area contributed by atoms with E-state index in [4.69, 9.17) is 4.74 Å². The fourth-order valence-electron chi connectivity index (χ4n) is 2.88. The predicted octanol–water partition coefficient (Wildman–Crippen LogP) is 4.19. The Kier molecular flexibility index (Phi) is 5.18. The third-order valence-electron chi connectivity index (χ3n) is 4.15. The Morgan fingerprint density at radius 3 is 2.77 bits per heavy atom. The van der Waals surface area contributed by atoms with Crippen LogP contribution in [0, 0.1) is 5.92 Å². The van der Waals surface area contributed by atoms with Gasteiger partial charge in [-0.1, -0.05) is 22.0 Å². The fourth-order valence-corrected chi connectivity index (χ4v) is 3.25. The number of nitrogens with one attached hydrogen (secondary N) is 1. The van der Waals surface area contributed by atoms with E-state index in [-0.39, 0.29) is 17.9 Å². The van der Waals surface area contributed by atoms with Crippen LogP contribution in [0.1, 0.15) is 27.2 Å². The van der Waals surface area contributed by atoms with Crippen molar-refractivity contribution in [3.05, 3.63) is 34.9 Å². The molecule has 6 nitrogen and oxygen atoms in total. The number of likely N-dealkylation sites (tertiary alicyclic amines) is 1. The summed E-state index contributed by atoms with van der Waals surface area (Å²) in [4.78, 5) is 30.5. The summed E-state index contributed by atoms with van der Waals surface area (Å²) in [7, 11) is 0. The number of hydrogen-bond acceptors (Lipinski definition) is 4. The third-order valence-corrected chi connectivity index (χ3v) is 4.64. The van der Waals surface area contributed by atoms with E-state index in [2.05, 4.69) is 26.2 Å². The number of pyridine rings is 1. The molecule has 1 aromatic heterocycles. The van der Waals surface area contributed by atoms with Crippen molar-refractivity contribution < 1.29 is 14.3 Å². The number of halogens is 1. The van der Waals surface area contributed by atoms with Crippen LogP contribution in [0.2, 0.25) is 0 Å². The molecule has 3 rings (SSSR count). The Balaban J connectivity index is 1.63. The first-order chi connectivity index (χ1) is 12.2. The molecule has 2 aromatic rings. The van der Waals surface area contributed by atoms with Crippen molar-refractivity contribution in [3.63, 3.8) is 0 Å². The Morgan fingerprint density at radius 1 is 1.27 bits per heavy atom. The first kappa shape index (κ1) is 18.6. The van der Waals surface area contributed by atoms with Crippen molar-refractivity contribution in [2.24, 2.45) is 5.92 Å². The van der Waals surface area contributed by atoms with Crippen molar-refractivity contribution in [2.75, 3.05) is 18.4 Å². The third kappa shape index (κ3) is 4.52. The lowest BCUT2D eigenvalue weighted by atomic mass is 10.1. The summed E-state index contributed by atoms with van der Waals surface area (Å²) in [5.74, 6) is 0.122. The second-order valence-corrected chi connectivity index (χ2v) is 8.38. The van der Waals surface area contributed by atoms with Crippen molar-refractivity contribution in [2.45, 2.75) is 32.8 Å². The van der Waals surface area contributed by atoms with Gasteiger partial charge in [-0.25, -0.2) is 9.78 Å². The summed E-state index contributed by atoms with van der Waals surface area (Å²) in [6, 6.07) is 7.74. The monoisotopic (exact) mass is 419 g/mol. The molecule has 1 fully saturated rings. The number of nitrogens with zero attached hydrogens (tertiary/aromatic N) is 2. The molecule has 1 N–H and O–H groups in total. The number of carbonyl (C=O) groups excluding carboxylic acids is 2. The van der Waals surface area contributed by atoms with E-state index < -0.39 is 5.60 Å². The maximum absolute atomic E-state index is 12.5. The highest BCUT2D eigenvalue weighted by molar-refractivity contribution is 9.10. The van der Waals surface area contributed by atoms with E-state index in [0.29, 0.717) is 25.3 Å². The van der Waals surface area contributed by atoms with Crippen LogP contribution in [-0.2, 0) is 9.53 Å². The Labute approximate surface area is 161 Å². The van der Waals surface area contributed by atoms with Crippen LogP contribution in [-0.4, -0.2) is 40.6 Å². The molecule has 1 atom stereocenters. The highest BCUT2D eigenvalue weighted by atomic mass is 79.9. The Bertz CT molecular complexity index is 848. The van der Waals surface area contributed by atoms with Gasteiger partial charge in [-0.15, -0.1) is 0 Å². The van der Waals surface area contributed by atoms with Gasteiger partial charge in [-0.05, 0) is 50.8 Å². The normalized spacial score (nSPS) is 17.4. The molecule has 26 heavy (non-hydrogen) atoms. The highest BCUT2D eigenvalue weighted by Gasteiger charge is 2.33. The van der Waals surface area contributed by atoms with Gasteiger partial charge in [0.05, 0.1) is 5.92 Å². The van der Waals surface area contributed by atoms with Gasteiger partial charge < -0.3 is 15.0 Å². The van der Waals surface area contributed by atoms with Crippen molar-refractivity contribution in [1.29, 1.82) is 0 Å². The molecule has 1 saturated heterocycles. The number of fused-ring (bicyclic) bond motifs is 1. The summed E-state index contributed by atoms with van der Waals surface area (Å²) in [6.07, 6.45) is 1.98. The summed E-state index contributed by atoms with van der Waals surface area (Å²) >= 11 is 3.45. The molecule has 7 heteroatoms. The average Bonchev–Trinajstić information content (AvgIpc) is 3.03. The molecular weight excluding hydrogens is 398 g/mol. The molecule has 0 saturated carbocycles. The quantitative estimate of drug-likeness (QED) is 0.791. The zero-order valence-corrected chi connectivity index (χ0v) is 16.7. The molecule has 1 aliphatic heterocycles. The number of amides is 2. The largest absolute Gasteiger partial charge is 0.444 e. The number of carbonyl (C=O) groups is 2. The maximum Gasteiger partial charge on any atom is 0.410 e. The van der Waals surface area contributed by atoms with Crippen LogP contribution < -0.4 is 5.32 Å². The van der Waals surface area contributed by atoms with Gasteiger partial charge in [0.1, 0.15) is 11.4 Å². The Morgan fingerprint density at radius 2 is 2.04 bits per heavy atom. The zero-order valence-electron chi connectivity index (χ0n) is 15.1. The second-order valence-electron chi connectivity index (χ2n) is 7.46. The lowest BCUT2D eigenvalue weighted by Crippen LogP contribution is -2.36. The van der Waals surface area contributed by atoms with E-state index in [1.165, 1.54) is 0 Å². The standard InChI is InChI=1S/C19H22BrN3O3/c1-19(2,3)26-18(25)23-7-6-13(11-23)17(24)22-16-9-14-8-15(20)5-4-12(14)10-21-16/h4-5,8-10,13H,6-7,11H2,1-3H3,(H,21,22,24)/t13-/m0/s1. The van der Waals surface area contributed by atoms with Crippen LogP contribution >= 0.6 is 15.9 Å². The SMILES string of the molecule is CC(C)(C)OC(=O)N1CC[C@H](C(=O)Nc2cc3cc(Br)ccc3cn2)C1. The minimum Gasteiger partial charge on any atom is -0.444 e. The molecule has 0 bridgehead atoms. The smallest absolute Gasteiger partial charge is 0.410 e. The van der Waals surface area contributed by atoms with Gasteiger partial charge in [0.25, 0.3) is 0 Å².